The van der Waals surface area contributed by atoms with E-state index in [9.17, 15) is 27.1 Å². The SMILES string of the molecule is C[C@@H](CC1COC(c2ccc(C(F)(F)F)cc2)OC1)[C@](O)(Cn1cncn1)c1ccc(F)cc1F.O=C(O)C(=O)O. The van der Waals surface area contributed by atoms with Crippen molar-refractivity contribution in [3.8, 4) is 0 Å². The Kier molecular flexibility index (Phi) is 10.1. The predicted octanol–water partition coefficient (Wildman–Crippen LogP) is 4.01. The lowest BCUT2D eigenvalue weighted by molar-refractivity contribution is -0.210. The van der Waals surface area contributed by atoms with Crippen molar-refractivity contribution in [3.05, 3.63) is 83.4 Å². The highest BCUT2D eigenvalue weighted by Crippen LogP contribution is 2.39. The molecular weight excluding hydrogens is 561 g/mol. The molecule has 222 valence electrons. The molecule has 1 aliphatic heterocycles. The van der Waals surface area contributed by atoms with Gasteiger partial charge in [0, 0.05) is 23.1 Å². The standard InChI is InChI=1S/C24H24F5N3O3.C2H2O4/c1-15(23(33,12-32-14-30-13-31-32)20-7-6-19(25)9-21(20)26)8-16-10-34-22(35-11-16)17-2-4-18(5-3-17)24(27,28)29;3-1(4)2(5)6/h2-7,9,13-16,22,33H,8,10-12H2,1H3;(H,3,4)(H,5,6)/t15-,16?,22?,23+;/m0./s1. The number of aliphatic hydroxyl groups is 1. The number of halogens is 5. The predicted molar refractivity (Wildman–Crippen MR) is 129 cm³/mol. The molecule has 0 unspecified atom stereocenters. The van der Waals surface area contributed by atoms with Gasteiger partial charge in [0.25, 0.3) is 0 Å². The van der Waals surface area contributed by atoms with Gasteiger partial charge in [-0.2, -0.15) is 18.3 Å². The van der Waals surface area contributed by atoms with Crippen LogP contribution in [-0.4, -0.2) is 55.2 Å². The van der Waals surface area contributed by atoms with Crippen molar-refractivity contribution in [3.63, 3.8) is 0 Å². The van der Waals surface area contributed by atoms with Gasteiger partial charge < -0.3 is 24.8 Å². The van der Waals surface area contributed by atoms with Crippen molar-refractivity contribution in [2.24, 2.45) is 11.8 Å². The fourth-order valence-corrected chi connectivity index (χ4v) is 4.30. The van der Waals surface area contributed by atoms with Gasteiger partial charge >= 0.3 is 18.1 Å². The van der Waals surface area contributed by atoms with E-state index in [4.69, 9.17) is 29.3 Å². The van der Waals surface area contributed by atoms with Crippen molar-refractivity contribution in [2.45, 2.75) is 38.0 Å². The zero-order chi connectivity index (χ0) is 30.4. The fourth-order valence-electron chi connectivity index (χ4n) is 4.30. The molecule has 0 amide bonds. The number of alkyl halides is 3. The van der Waals surface area contributed by atoms with Gasteiger partial charge in [0.15, 0.2) is 6.29 Å². The second-order valence-corrected chi connectivity index (χ2v) is 9.37. The molecule has 0 radical (unpaired) electrons. The van der Waals surface area contributed by atoms with Crippen LogP contribution in [0.15, 0.2) is 55.1 Å². The van der Waals surface area contributed by atoms with E-state index in [0.29, 0.717) is 12.0 Å². The van der Waals surface area contributed by atoms with E-state index in [1.807, 2.05) is 0 Å². The van der Waals surface area contributed by atoms with Gasteiger partial charge in [0.1, 0.15) is 29.9 Å². The van der Waals surface area contributed by atoms with Crippen LogP contribution in [0.25, 0.3) is 0 Å². The summed E-state index contributed by atoms with van der Waals surface area (Å²) in [4.78, 5) is 22.1. The molecular formula is C26H26F5N3O7. The number of benzene rings is 2. The fraction of sp³-hybridized carbons (Fsp3) is 0.385. The highest BCUT2D eigenvalue weighted by Gasteiger charge is 2.41. The summed E-state index contributed by atoms with van der Waals surface area (Å²) in [6.45, 7) is 2.07. The second kappa shape index (κ2) is 13.1. The molecule has 2 heterocycles. The third kappa shape index (κ3) is 8.28. The molecule has 0 spiro atoms. The smallest absolute Gasteiger partial charge is 0.416 e. The van der Waals surface area contributed by atoms with Crippen LogP contribution in [0.3, 0.4) is 0 Å². The van der Waals surface area contributed by atoms with Gasteiger partial charge in [0.05, 0.1) is 25.3 Å². The van der Waals surface area contributed by atoms with Crippen LogP contribution in [0.2, 0.25) is 0 Å². The largest absolute Gasteiger partial charge is 0.473 e. The Bertz CT molecular complexity index is 1300. The van der Waals surface area contributed by atoms with Crippen LogP contribution in [0.5, 0.6) is 0 Å². The Balaban J connectivity index is 0.000000696. The Morgan fingerprint density at radius 3 is 2.15 bits per heavy atom. The summed E-state index contributed by atoms with van der Waals surface area (Å²) in [5, 5.41) is 30.4. The minimum Gasteiger partial charge on any atom is -0.473 e. The normalized spacial score (nSPS) is 19.4. The zero-order valence-corrected chi connectivity index (χ0v) is 21.5. The Morgan fingerprint density at radius 1 is 1.05 bits per heavy atom. The van der Waals surface area contributed by atoms with Gasteiger partial charge in [-0.25, -0.2) is 28.0 Å². The number of hydrogen-bond donors (Lipinski definition) is 3. The summed E-state index contributed by atoms with van der Waals surface area (Å²) in [5.41, 5.74) is -2.11. The first kappa shape index (κ1) is 31.6. The van der Waals surface area contributed by atoms with E-state index in [1.165, 1.54) is 35.5 Å². The molecule has 1 aliphatic rings. The summed E-state index contributed by atoms with van der Waals surface area (Å²) >= 11 is 0. The molecule has 41 heavy (non-hydrogen) atoms. The molecule has 4 rings (SSSR count). The van der Waals surface area contributed by atoms with E-state index in [0.717, 1.165) is 24.3 Å². The summed E-state index contributed by atoms with van der Waals surface area (Å²) in [5.74, 6) is -6.00. The number of ether oxygens (including phenoxy) is 2. The van der Waals surface area contributed by atoms with E-state index in [2.05, 4.69) is 10.1 Å². The van der Waals surface area contributed by atoms with E-state index < -0.39 is 53.1 Å². The van der Waals surface area contributed by atoms with Crippen LogP contribution in [0.1, 0.15) is 36.3 Å². The Labute approximate surface area is 230 Å². The molecule has 1 aromatic heterocycles. The van der Waals surface area contributed by atoms with Crippen molar-refractivity contribution in [2.75, 3.05) is 13.2 Å². The molecule has 0 bridgehead atoms. The number of nitrogens with zero attached hydrogens (tertiary/aromatic N) is 3. The molecule has 2 atom stereocenters. The number of hydrogen-bond acceptors (Lipinski definition) is 7. The summed E-state index contributed by atoms with van der Waals surface area (Å²) in [7, 11) is 0. The van der Waals surface area contributed by atoms with Gasteiger partial charge in [-0.3, -0.25) is 0 Å². The lowest BCUT2D eigenvalue weighted by Crippen LogP contribution is -2.41. The van der Waals surface area contributed by atoms with E-state index >= 15 is 0 Å². The first-order valence-electron chi connectivity index (χ1n) is 12.1. The number of carboxylic acid groups (broad SMARTS) is 2. The number of aromatic nitrogens is 3. The number of carboxylic acids is 2. The van der Waals surface area contributed by atoms with Crippen LogP contribution in [-0.2, 0) is 37.4 Å². The maximum atomic E-state index is 14.7. The Hall–Kier alpha value is -3.95. The quantitative estimate of drug-likeness (QED) is 0.276. The second-order valence-electron chi connectivity index (χ2n) is 9.37. The molecule has 10 nitrogen and oxygen atoms in total. The third-order valence-corrected chi connectivity index (χ3v) is 6.43. The van der Waals surface area contributed by atoms with Crippen molar-refractivity contribution >= 4 is 11.9 Å². The third-order valence-electron chi connectivity index (χ3n) is 6.43. The number of aliphatic carboxylic acids is 2. The average Bonchev–Trinajstić information content (AvgIpc) is 3.41. The number of rotatable bonds is 7. The first-order valence-corrected chi connectivity index (χ1v) is 12.1. The van der Waals surface area contributed by atoms with Crippen LogP contribution in [0, 0.1) is 23.5 Å². The summed E-state index contributed by atoms with van der Waals surface area (Å²) < 4.78 is 79.4. The maximum Gasteiger partial charge on any atom is 0.416 e. The van der Waals surface area contributed by atoms with Crippen LogP contribution in [0.4, 0.5) is 22.0 Å². The van der Waals surface area contributed by atoms with Crippen LogP contribution >= 0.6 is 0 Å². The van der Waals surface area contributed by atoms with Gasteiger partial charge in [-0.15, -0.1) is 0 Å². The molecule has 0 aliphatic carbocycles. The van der Waals surface area contributed by atoms with Gasteiger partial charge in [-0.05, 0) is 30.5 Å². The molecule has 2 aromatic carbocycles. The summed E-state index contributed by atoms with van der Waals surface area (Å²) in [6.07, 6.45) is -2.20. The maximum absolute atomic E-state index is 14.7. The zero-order valence-electron chi connectivity index (χ0n) is 21.5. The highest BCUT2D eigenvalue weighted by molar-refractivity contribution is 6.27. The van der Waals surface area contributed by atoms with E-state index in [-0.39, 0.29) is 31.2 Å². The molecule has 3 N–H and O–H groups in total. The van der Waals surface area contributed by atoms with Crippen LogP contribution < -0.4 is 0 Å². The Morgan fingerprint density at radius 2 is 1.66 bits per heavy atom. The lowest BCUT2D eigenvalue weighted by Gasteiger charge is -2.38. The van der Waals surface area contributed by atoms with Gasteiger partial charge in [-0.1, -0.05) is 25.1 Å². The molecule has 0 saturated carbocycles. The highest BCUT2D eigenvalue weighted by atomic mass is 19.4. The lowest BCUT2D eigenvalue weighted by atomic mass is 9.77. The van der Waals surface area contributed by atoms with Gasteiger partial charge in [0.2, 0.25) is 0 Å². The van der Waals surface area contributed by atoms with Crippen molar-refractivity contribution < 1.29 is 56.3 Å². The monoisotopic (exact) mass is 587 g/mol. The minimum absolute atomic E-state index is 0.0674. The van der Waals surface area contributed by atoms with Crippen molar-refractivity contribution in [1.82, 2.24) is 14.8 Å². The number of carbonyl (C=O) groups is 2. The molecule has 15 heteroatoms. The first-order chi connectivity index (χ1) is 19.2. The average molecular weight is 587 g/mol. The molecule has 1 fully saturated rings. The summed E-state index contributed by atoms with van der Waals surface area (Å²) in [6, 6.07) is 7.58. The molecule has 1 saturated heterocycles. The van der Waals surface area contributed by atoms with Crippen molar-refractivity contribution in [1.29, 1.82) is 0 Å². The molecule has 3 aromatic rings. The minimum atomic E-state index is -4.43. The topological polar surface area (TPSA) is 144 Å². The van der Waals surface area contributed by atoms with E-state index in [1.54, 1.807) is 6.92 Å².